The van der Waals surface area contributed by atoms with Crippen LogP contribution in [0.2, 0.25) is 0 Å². The number of rotatable bonds is 4. The standard InChI is InChI=1S/C18H14F7NO3S.C7H13NO2.C2H2/c19-13-4-6-14(7-5-13)30(28,29)26-9-1-2-11-10-12(3-8-15(11)26)16(27,17(20,21)22)18(23,24)25;1-6(10)8-4-2-3-7(8)5-9;1-2/h3-8,10,27H,1-2,9H2;7,9H,2-5H2,1H3;1-2H/t;7-;/m.0./s1. The molecule has 0 bridgehead atoms. The van der Waals surface area contributed by atoms with Crippen LogP contribution in [-0.2, 0) is 26.8 Å². The highest BCUT2D eigenvalue weighted by Gasteiger charge is 2.71. The normalized spacial score (nSPS) is 17.4. The van der Waals surface area contributed by atoms with Crippen molar-refractivity contribution in [2.75, 3.05) is 24.0 Å². The van der Waals surface area contributed by atoms with Crippen molar-refractivity contribution in [3.8, 4) is 12.8 Å². The van der Waals surface area contributed by atoms with Crippen LogP contribution in [0.4, 0.5) is 36.4 Å². The monoisotopic (exact) mass is 626 g/mol. The lowest BCUT2D eigenvalue weighted by Gasteiger charge is -2.35. The summed E-state index contributed by atoms with van der Waals surface area (Å²) in [4.78, 5) is 12.3. The minimum absolute atomic E-state index is 0.00437. The molecule has 0 aromatic heterocycles. The predicted molar refractivity (Wildman–Crippen MR) is 139 cm³/mol. The van der Waals surface area contributed by atoms with Gasteiger partial charge in [-0.2, -0.15) is 26.3 Å². The molecule has 15 heteroatoms. The third kappa shape index (κ3) is 6.99. The lowest BCUT2D eigenvalue weighted by molar-refractivity contribution is -0.376. The van der Waals surface area contributed by atoms with E-state index in [0.717, 1.165) is 54.0 Å². The number of aryl methyl sites for hydroxylation is 1. The van der Waals surface area contributed by atoms with Crippen molar-refractivity contribution in [1.29, 1.82) is 0 Å². The van der Waals surface area contributed by atoms with E-state index in [1.807, 2.05) is 0 Å². The molecule has 2 aliphatic rings. The molecule has 232 valence electrons. The van der Waals surface area contributed by atoms with Gasteiger partial charge in [0.2, 0.25) is 5.91 Å². The van der Waals surface area contributed by atoms with E-state index in [2.05, 4.69) is 12.8 Å². The zero-order valence-corrected chi connectivity index (χ0v) is 23.1. The Kier molecular flexibility index (Phi) is 11.0. The fourth-order valence-electron chi connectivity index (χ4n) is 4.70. The van der Waals surface area contributed by atoms with Crippen molar-refractivity contribution in [2.24, 2.45) is 0 Å². The number of nitrogens with zero attached hydrogens (tertiary/aromatic N) is 2. The molecular weight excluding hydrogens is 597 g/mol. The molecule has 1 fully saturated rings. The fraction of sp³-hybridized carbons (Fsp3) is 0.444. The maximum absolute atomic E-state index is 13.1. The summed E-state index contributed by atoms with van der Waals surface area (Å²) in [6, 6.07) is 5.63. The van der Waals surface area contributed by atoms with Crippen LogP contribution in [0, 0.1) is 18.7 Å². The number of carbonyl (C=O) groups is 1. The molecule has 2 aromatic rings. The maximum atomic E-state index is 13.1. The molecule has 42 heavy (non-hydrogen) atoms. The molecule has 0 unspecified atom stereocenters. The van der Waals surface area contributed by atoms with Crippen molar-refractivity contribution in [3.05, 3.63) is 59.4 Å². The second-order valence-electron chi connectivity index (χ2n) is 9.38. The number of anilines is 1. The van der Waals surface area contributed by atoms with Gasteiger partial charge in [-0.3, -0.25) is 9.10 Å². The van der Waals surface area contributed by atoms with Crippen LogP contribution in [0.25, 0.3) is 0 Å². The van der Waals surface area contributed by atoms with E-state index >= 15 is 0 Å². The van der Waals surface area contributed by atoms with Gasteiger partial charge in [-0.1, -0.05) is 12.1 Å². The summed E-state index contributed by atoms with van der Waals surface area (Å²) in [6.07, 6.45) is -1.99. The van der Waals surface area contributed by atoms with Gasteiger partial charge in [0.15, 0.2) is 0 Å². The Hall–Kier alpha value is -3.35. The molecular formula is C27H29F7N2O5S. The highest BCUT2D eigenvalue weighted by atomic mass is 32.2. The van der Waals surface area contributed by atoms with Crippen LogP contribution in [-0.4, -0.2) is 67.5 Å². The summed E-state index contributed by atoms with van der Waals surface area (Å²) in [7, 11) is -4.24. The molecule has 0 saturated carbocycles. The van der Waals surface area contributed by atoms with E-state index in [1.165, 1.54) is 0 Å². The zero-order valence-electron chi connectivity index (χ0n) is 22.3. The molecule has 1 saturated heterocycles. The number of alkyl halides is 6. The first-order valence-electron chi connectivity index (χ1n) is 12.4. The zero-order chi connectivity index (χ0) is 32.1. The summed E-state index contributed by atoms with van der Waals surface area (Å²) >= 11 is 0. The van der Waals surface area contributed by atoms with Crippen LogP contribution >= 0.6 is 0 Å². The second kappa shape index (κ2) is 13.3. The number of halogens is 7. The number of carbonyl (C=O) groups excluding carboxylic acids is 1. The predicted octanol–water partition coefficient (Wildman–Crippen LogP) is 4.52. The average molecular weight is 627 g/mol. The van der Waals surface area contributed by atoms with E-state index in [4.69, 9.17) is 5.11 Å². The fourth-order valence-corrected chi connectivity index (χ4v) is 6.24. The van der Waals surface area contributed by atoms with E-state index in [1.54, 1.807) is 11.8 Å². The van der Waals surface area contributed by atoms with Gasteiger partial charge in [-0.05, 0) is 61.6 Å². The molecule has 4 rings (SSSR count). The lowest BCUT2D eigenvalue weighted by Crippen LogP contribution is -2.54. The summed E-state index contributed by atoms with van der Waals surface area (Å²) in [6.45, 7) is 2.41. The van der Waals surface area contributed by atoms with Crippen molar-refractivity contribution >= 4 is 21.6 Å². The number of aliphatic hydroxyl groups is 2. The number of amides is 1. The SMILES string of the molecule is C#C.CC(=O)N1CCC[C@H]1CO.O=S(=O)(c1ccc(F)cc1)N1CCCc2cc(C(O)(C(F)(F)F)C(F)(F)F)ccc21. The molecule has 0 spiro atoms. The maximum Gasteiger partial charge on any atom is 0.430 e. The third-order valence-electron chi connectivity index (χ3n) is 6.79. The number of hydrogen-bond donors (Lipinski definition) is 2. The van der Waals surface area contributed by atoms with E-state index in [-0.39, 0.29) is 54.1 Å². The summed E-state index contributed by atoms with van der Waals surface area (Å²) in [5, 5.41) is 18.4. The van der Waals surface area contributed by atoms with Gasteiger partial charge in [0.25, 0.3) is 15.6 Å². The van der Waals surface area contributed by atoms with Crippen LogP contribution < -0.4 is 4.31 Å². The molecule has 2 aromatic carbocycles. The van der Waals surface area contributed by atoms with Crippen LogP contribution in [0.3, 0.4) is 0 Å². The van der Waals surface area contributed by atoms with Crippen molar-refractivity contribution in [1.82, 2.24) is 4.90 Å². The number of fused-ring (bicyclic) bond motifs is 1. The van der Waals surface area contributed by atoms with Crippen molar-refractivity contribution < 1.29 is 54.2 Å². The van der Waals surface area contributed by atoms with E-state index in [0.29, 0.717) is 12.1 Å². The van der Waals surface area contributed by atoms with Gasteiger partial charge in [0.1, 0.15) is 5.82 Å². The number of sulfonamides is 1. The molecule has 7 nitrogen and oxygen atoms in total. The van der Waals surface area contributed by atoms with E-state index < -0.39 is 39.4 Å². The largest absolute Gasteiger partial charge is 0.430 e. The first-order valence-corrected chi connectivity index (χ1v) is 13.9. The molecule has 2 heterocycles. The molecule has 0 radical (unpaired) electrons. The summed E-state index contributed by atoms with van der Waals surface area (Å²) in [5.41, 5.74) is -6.77. The number of likely N-dealkylation sites (tertiary alicyclic amines) is 1. The van der Waals surface area contributed by atoms with Gasteiger partial charge in [-0.25, -0.2) is 12.8 Å². The molecule has 2 N–H and O–H groups in total. The number of benzene rings is 2. The quantitative estimate of drug-likeness (QED) is 0.385. The van der Waals surface area contributed by atoms with Crippen LogP contribution in [0.1, 0.15) is 37.3 Å². The van der Waals surface area contributed by atoms with Crippen LogP contribution in [0.15, 0.2) is 47.4 Å². The Balaban J connectivity index is 0.000000431. The molecule has 2 aliphatic heterocycles. The Morgan fingerprint density at radius 3 is 2.02 bits per heavy atom. The molecule has 1 amide bonds. The Morgan fingerprint density at radius 2 is 1.55 bits per heavy atom. The van der Waals surface area contributed by atoms with Gasteiger partial charge in [0.05, 0.1) is 23.2 Å². The Labute approximate surface area is 238 Å². The first kappa shape index (κ1) is 34.8. The summed E-state index contributed by atoms with van der Waals surface area (Å²) in [5.74, 6) is -0.604. The topological polar surface area (TPSA) is 98.2 Å². The second-order valence-corrected chi connectivity index (χ2v) is 11.2. The van der Waals surface area contributed by atoms with Gasteiger partial charge in [-0.15, -0.1) is 12.8 Å². The minimum Gasteiger partial charge on any atom is -0.394 e. The first-order chi connectivity index (χ1) is 19.4. The van der Waals surface area contributed by atoms with Crippen LogP contribution in [0.5, 0.6) is 0 Å². The van der Waals surface area contributed by atoms with Crippen molar-refractivity contribution in [2.45, 2.75) is 61.5 Å². The smallest absolute Gasteiger partial charge is 0.394 e. The highest BCUT2D eigenvalue weighted by molar-refractivity contribution is 7.92. The Bertz CT molecular complexity index is 1350. The third-order valence-corrected chi connectivity index (χ3v) is 8.62. The molecule has 0 aliphatic carbocycles. The summed E-state index contributed by atoms with van der Waals surface area (Å²) < 4.78 is 118. The number of terminal acetylenes is 1. The molecule has 1 atom stereocenters. The average Bonchev–Trinajstić information content (AvgIpc) is 3.42. The Morgan fingerprint density at radius 1 is 0.976 bits per heavy atom. The van der Waals surface area contributed by atoms with Gasteiger partial charge in [0, 0.05) is 25.6 Å². The van der Waals surface area contributed by atoms with Gasteiger partial charge >= 0.3 is 12.4 Å². The van der Waals surface area contributed by atoms with Gasteiger partial charge < -0.3 is 15.1 Å². The highest BCUT2D eigenvalue weighted by Crippen LogP contribution is 2.51. The minimum atomic E-state index is -6.05. The number of aliphatic hydroxyl groups excluding tert-OH is 1. The lowest BCUT2D eigenvalue weighted by atomic mass is 9.89. The number of hydrogen-bond acceptors (Lipinski definition) is 5. The van der Waals surface area contributed by atoms with Crippen molar-refractivity contribution in [3.63, 3.8) is 0 Å². The van der Waals surface area contributed by atoms with E-state index in [9.17, 15) is 49.1 Å².